The van der Waals surface area contributed by atoms with Crippen LogP contribution >= 0.6 is 35.0 Å². The van der Waals surface area contributed by atoms with Gasteiger partial charge in [0.25, 0.3) is 5.91 Å². The van der Waals surface area contributed by atoms with E-state index in [1.165, 1.54) is 0 Å². The van der Waals surface area contributed by atoms with E-state index in [-0.39, 0.29) is 5.91 Å². The minimum atomic E-state index is -0.170. The molecule has 0 bridgehead atoms. The van der Waals surface area contributed by atoms with Crippen molar-refractivity contribution in [1.82, 2.24) is 0 Å². The third-order valence-corrected chi connectivity index (χ3v) is 5.49. The summed E-state index contributed by atoms with van der Waals surface area (Å²) >= 11 is 14.0. The van der Waals surface area contributed by atoms with Crippen LogP contribution in [0, 0.1) is 0 Å². The number of carbonyl (C=O) groups is 1. The first-order valence-corrected chi connectivity index (χ1v) is 8.88. The Hall–Kier alpha value is -1.94. The third kappa shape index (κ3) is 2.59. The maximum absolute atomic E-state index is 13.2. The van der Waals surface area contributed by atoms with Crippen LogP contribution in [-0.2, 0) is 0 Å². The number of amides is 1. The molecule has 1 heterocycles. The number of benzene rings is 3. The van der Waals surface area contributed by atoms with E-state index in [0.29, 0.717) is 15.6 Å². The van der Waals surface area contributed by atoms with Crippen LogP contribution < -0.4 is 4.90 Å². The molecule has 0 atom stereocenters. The van der Waals surface area contributed by atoms with Gasteiger partial charge in [-0.3, -0.25) is 9.69 Å². The summed E-state index contributed by atoms with van der Waals surface area (Å²) in [4.78, 5) is 16.9. The highest BCUT2D eigenvalue weighted by molar-refractivity contribution is 7.99. The highest BCUT2D eigenvalue weighted by Gasteiger charge is 2.29. The first-order chi connectivity index (χ1) is 11.6. The smallest absolute Gasteiger partial charge is 0.264 e. The Kier molecular flexibility index (Phi) is 4.01. The lowest BCUT2D eigenvalue weighted by molar-refractivity contribution is 0.0998. The van der Waals surface area contributed by atoms with Crippen molar-refractivity contribution in [1.29, 1.82) is 0 Å². The van der Waals surface area contributed by atoms with Gasteiger partial charge in [0.15, 0.2) is 0 Å². The summed E-state index contributed by atoms with van der Waals surface area (Å²) in [6, 6.07) is 20.5. The van der Waals surface area contributed by atoms with Gasteiger partial charge in [-0.25, -0.2) is 0 Å². The van der Waals surface area contributed by atoms with E-state index in [4.69, 9.17) is 23.2 Å². The van der Waals surface area contributed by atoms with Gasteiger partial charge in [-0.1, -0.05) is 59.2 Å². The fourth-order valence-electron chi connectivity index (χ4n) is 2.70. The molecule has 4 rings (SSSR count). The van der Waals surface area contributed by atoms with Gasteiger partial charge in [-0.2, -0.15) is 0 Å². The van der Waals surface area contributed by atoms with Gasteiger partial charge in [0, 0.05) is 14.8 Å². The number of carbonyl (C=O) groups excluding carboxylic acids is 1. The molecule has 0 aromatic heterocycles. The lowest BCUT2D eigenvalue weighted by Gasteiger charge is -2.31. The van der Waals surface area contributed by atoms with Crippen molar-refractivity contribution >= 4 is 52.2 Å². The Balaban J connectivity index is 1.93. The van der Waals surface area contributed by atoms with E-state index in [1.807, 2.05) is 54.6 Å². The molecule has 118 valence electrons. The summed E-state index contributed by atoms with van der Waals surface area (Å²) < 4.78 is 0. The molecule has 0 saturated heterocycles. The summed E-state index contributed by atoms with van der Waals surface area (Å²) in [5, 5.41) is 1.02. The molecular formula is C19H11Cl2NOS. The summed E-state index contributed by atoms with van der Waals surface area (Å²) in [6.45, 7) is 0. The Bertz CT molecular complexity index is 958. The molecule has 5 heteroatoms. The molecule has 1 amide bonds. The quantitative estimate of drug-likeness (QED) is 0.490. The zero-order valence-corrected chi connectivity index (χ0v) is 14.7. The van der Waals surface area contributed by atoms with Crippen molar-refractivity contribution in [3.8, 4) is 0 Å². The number of hydrogen-bond acceptors (Lipinski definition) is 2. The van der Waals surface area contributed by atoms with Gasteiger partial charge >= 0.3 is 0 Å². The van der Waals surface area contributed by atoms with E-state index in [0.717, 1.165) is 21.2 Å². The second kappa shape index (κ2) is 6.17. The SMILES string of the molecule is O=C(c1ccccc1Cl)N1c2ccccc2Sc2ccc(Cl)cc21. The number of fused-ring (bicyclic) bond motifs is 2. The fraction of sp³-hybridized carbons (Fsp3) is 0. The predicted molar refractivity (Wildman–Crippen MR) is 99.9 cm³/mol. The van der Waals surface area contributed by atoms with Gasteiger partial charge in [-0.15, -0.1) is 0 Å². The molecule has 2 nitrogen and oxygen atoms in total. The third-order valence-electron chi connectivity index (χ3n) is 3.80. The fourth-order valence-corrected chi connectivity index (χ4v) is 4.12. The van der Waals surface area contributed by atoms with Crippen LogP contribution in [0.4, 0.5) is 11.4 Å². The minimum Gasteiger partial charge on any atom is -0.275 e. The molecule has 1 aliphatic heterocycles. The Labute approximate surface area is 154 Å². The molecule has 24 heavy (non-hydrogen) atoms. The standard InChI is InChI=1S/C19H11Cl2NOS/c20-12-9-10-18-16(11-12)22(15-7-3-4-8-17(15)24-18)19(23)13-5-1-2-6-14(13)21/h1-11H. The molecule has 0 aliphatic carbocycles. The maximum Gasteiger partial charge on any atom is 0.264 e. The van der Waals surface area contributed by atoms with Gasteiger partial charge in [0.1, 0.15) is 0 Å². The Morgan fingerprint density at radius 2 is 1.54 bits per heavy atom. The molecule has 0 spiro atoms. The highest BCUT2D eigenvalue weighted by atomic mass is 35.5. The van der Waals surface area contributed by atoms with Crippen LogP contribution in [0.2, 0.25) is 10.0 Å². The summed E-state index contributed by atoms with van der Waals surface area (Å²) in [6.07, 6.45) is 0. The van der Waals surface area contributed by atoms with Gasteiger partial charge in [0.2, 0.25) is 0 Å². The lowest BCUT2D eigenvalue weighted by atomic mass is 10.1. The predicted octanol–water partition coefficient (Wildman–Crippen LogP) is 6.44. The van der Waals surface area contributed by atoms with Gasteiger partial charge in [0.05, 0.1) is 22.0 Å². The zero-order valence-electron chi connectivity index (χ0n) is 12.4. The molecule has 0 radical (unpaired) electrons. The maximum atomic E-state index is 13.2. The van der Waals surface area contributed by atoms with E-state index >= 15 is 0 Å². The summed E-state index contributed by atoms with van der Waals surface area (Å²) in [5.41, 5.74) is 2.07. The average molecular weight is 372 g/mol. The van der Waals surface area contributed by atoms with Crippen LogP contribution in [0.5, 0.6) is 0 Å². The molecule has 3 aromatic rings. The van der Waals surface area contributed by atoms with Crippen molar-refractivity contribution in [3.05, 3.63) is 82.3 Å². The number of hydrogen-bond donors (Lipinski definition) is 0. The van der Waals surface area contributed by atoms with Gasteiger partial charge < -0.3 is 0 Å². The highest BCUT2D eigenvalue weighted by Crippen LogP contribution is 2.49. The molecule has 0 saturated carbocycles. The van der Waals surface area contributed by atoms with Crippen LogP contribution in [-0.4, -0.2) is 5.91 Å². The first kappa shape index (κ1) is 15.6. The first-order valence-electron chi connectivity index (χ1n) is 7.30. The van der Waals surface area contributed by atoms with Crippen molar-refractivity contribution in [3.63, 3.8) is 0 Å². The number of halogens is 2. The zero-order chi connectivity index (χ0) is 16.7. The molecule has 0 N–H and O–H groups in total. The largest absolute Gasteiger partial charge is 0.275 e. The molecule has 3 aromatic carbocycles. The molecule has 1 aliphatic rings. The van der Waals surface area contributed by atoms with Crippen LogP contribution in [0.15, 0.2) is 76.5 Å². The van der Waals surface area contributed by atoms with E-state index in [2.05, 4.69) is 0 Å². The minimum absolute atomic E-state index is 0.170. The van der Waals surface area contributed by atoms with Crippen molar-refractivity contribution in [2.75, 3.05) is 4.90 Å². The van der Waals surface area contributed by atoms with Crippen LogP contribution in [0.1, 0.15) is 10.4 Å². The van der Waals surface area contributed by atoms with Crippen molar-refractivity contribution < 1.29 is 4.79 Å². The Morgan fingerprint density at radius 1 is 0.833 bits per heavy atom. The number of nitrogens with zero attached hydrogens (tertiary/aromatic N) is 1. The molecule has 0 fully saturated rings. The summed E-state index contributed by atoms with van der Waals surface area (Å²) in [5.74, 6) is -0.170. The van der Waals surface area contributed by atoms with Crippen LogP contribution in [0.3, 0.4) is 0 Å². The number of rotatable bonds is 1. The Morgan fingerprint density at radius 3 is 2.38 bits per heavy atom. The number of para-hydroxylation sites is 1. The average Bonchev–Trinajstić information content (AvgIpc) is 2.59. The van der Waals surface area contributed by atoms with E-state index in [1.54, 1.807) is 28.8 Å². The van der Waals surface area contributed by atoms with Crippen LogP contribution in [0.25, 0.3) is 0 Å². The molecular weight excluding hydrogens is 361 g/mol. The second-order valence-electron chi connectivity index (χ2n) is 5.30. The second-order valence-corrected chi connectivity index (χ2v) is 7.23. The van der Waals surface area contributed by atoms with E-state index in [9.17, 15) is 4.79 Å². The van der Waals surface area contributed by atoms with Crippen molar-refractivity contribution in [2.45, 2.75) is 9.79 Å². The molecule has 0 unspecified atom stereocenters. The monoisotopic (exact) mass is 371 g/mol. The topological polar surface area (TPSA) is 20.3 Å². The summed E-state index contributed by atoms with van der Waals surface area (Å²) in [7, 11) is 0. The number of anilines is 2. The normalized spacial score (nSPS) is 12.5. The lowest BCUT2D eigenvalue weighted by Crippen LogP contribution is -2.28. The van der Waals surface area contributed by atoms with E-state index < -0.39 is 0 Å². The van der Waals surface area contributed by atoms with Gasteiger partial charge in [-0.05, 0) is 42.5 Å². The van der Waals surface area contributed by atoms with Crippen molar-refractivity contribution in [2.24, 2.45) is 0 Å².